The van der Waals surface area contributed by atoms with E-state index in [9.17, 15) is 4.79 Å². The van der Waals surface area contributed by atoms with Crippen molar-refractivity contribution in [2.45, 2.75) is 33.0 Å². The lowest BCUT2D eigenvalue weighted by Gasteiger charge is -2.36. The topological polar surface area (TPSA) is 66.2 Å². The second-order valence-electron chi connectivity index (χ2n) is 6.65. The molecule has 0 atom stereocenters. The molecule has 3 rings (SSSR count). The number of Topliss-reactive ketones (excluding diaryl/α,β-unsaturated/α-hetero) is 1. The van der Waals surface area contributed by atoms with Crippen LogP contribution in [0.1, 0.15) is 32.3 Å². The van der Waals surface area contributed by atoms with E-state index in [0.717, 1.165) is 18.4 Å². The van der Waals surface area contributed by atoms with Crippen molar-refractivity contribution in [2.75, 3.05) is 13.2 Å². The summed E-state index contributed by atoms with van der Waals surface area (Å²) in [7, 11) is 0. The maximum atomic E-state index is 13.3. The van der Waals surface area contributed by atoms with E-state index < -0.39 is 5.41 Å². The molecule has 0 N–H and O–H groups in total. The Bertz CT molecular complexity index is 764. The van der Waals surface area contributed by atoms with Crippen LogP contribution in [0.4, 0.5) is 0 Å². The second-order valence-corrected chi connectivity index (χ2v) is 7.09. The summed E-state index contributed by atoms with van der Waals surface area (Å²) in [5.74, 6) is -0.104. The molecule has 0 spiro atoms. The number of ether oxygens (including phenoxy) is 2. The number of carbonyl (C=O) groups is 1. The van der Waals surface area contributed by atoms with Crippen LogP contribution in [0.25, 0.3) is 11.8 Å². The number of benzene rings is 1. The smallest absolute Gasteiger partial charge is 0.191 e. The highest BCUT2D eigenvalue weighted by Gasteiger charge is 2.41. The van der Waals surface area contributed by atoms with Crippen molar-refractivity contribution >= 4 is 29.2 Å². The molecular weight excluding hydrogens is 354 g/mol. The maximum absolute atomic E-state index is 13.3. The molecule has 1 aliphatic heterocycles. The first-order valence-corrected chi connectivity index (χ1v) is 9.00. The minimum atomic E-state index is -0.783. The van der Waals surface area contributed by atoms with Gasteiger partial charge in [0.15, 0.2) is 12.1 Å². The molecule has 7 heteroatoms. The lowest BCUT2D eigenvalue weighted by molar-refractivity contribution is -0.223. The number of carbonyl (C=O) groups excluding carboxylic acids is 1. The average molecular weight is 376 g/mol. The molecule has 2 aromatic rings. The summed E-state index contributed by atoms with van der Waals surface area (Å²) in [5.41, 5.74) is 0.473. The predicted molar refractivity (Wildman–Crippen MR) is 99.4 cm³/mol. The molecule has 6 nitrogen and oxygen atoms in total. The van der Waals surface area contributed by atoms with E-state index >= 15 is 0 Å². The Hall–Kier alpha value is -2.02. The van der Waals surface area contributed by atoms with E-state index in [0.29, 0.717) is 23.9 Å². The van der Waals surface area contributed by atoms with E-state index in [1.165, 1.54) is 17.3 Å². The van der Waals surface area contributed by atoms with Crippen LogP contribution >= 0.6 is 11.6 Å². The Labute approximate surface area is 157 Å². The number of aromatic nitrogens is 3. The number of rotatable bonds is 6. The SMILES string of the molecule is CCCC1OCC(C)(C(=O)C(=Cc2ccc(Cl)cc2)n2cncn2)CO1. The number of hydrogen-bond acceptors (Lipinski definition) is 5. The number of ketones is 1. The molecule has 0 aliphatic carbocycles. The van der Waals surface area contributed by atoms with Gasteiger partial charge in [-0.15, -0.1) is 0 Å². The van der Waals surface area contributed by atoms with Crippen LogP contribution in [0.5, 0.6) is 0 Å². The van der Waals surface area contributed by atoms with E-state index in [1.54, 1.807) is 18.2 Å². The molecule has 2 heterocycles. The molecule has 0 bridgehead atoms. The van der Waals surface area contributed by atoms with E-state index in [1.807, 2.05) is 19.1 Å². The van der Waals surface area contributed by atoms with Gasteiger partial charge in [-0.1, -0.05) is 37.1 Å². The van der Waals surface area contributed by atoms with Crippen molar-refractivity contribution in [1.29, 1.82) is 0 Å². The summed E-state index contributed by atoms with van der Waals surface area (Å²) in [5, 5.41) is 4.77. The monoisotopic (exact) mass is 375 g/mol. The third-order valence-electron chi connectivity index (χ3n) is 4.32. The largest absolute Gasteiger partial charge is 0.352 e. The molecule has 0 amide bonds. The summed E-state index contributed by atoms with van der Waals surface area (Å²) in [4.78, 5) is 17.3. The van der Waals surface area contributed by atoms with Gasteiger partial charge in [-0.05, 0) is 37.1 Å². The minimum absolute atomic E-state index is 0.104. The Kier molecular flexibility index (Phi) is 5.86. The Morgan fingerprint density at radius 2 is 2.04 bits per heavy atom. The first kappa shape index (κ1) is 18.8. The Morgan fingerprint density at radius 1 is 1.35 bits per heavy atom. The molecule has 0 saturated carbocycles. The highest BCUT2D eigenvalue weighted by atomic mass is 35.5. The molecule has 0 unspecified atom stereocenters. The van der Waals surface area contributed by atoms with Gasteiger partial charge in [0.1, 0.15) is 18.4 Å². The number of nitrogens with zero attached hydrogens (tertiary/aromatic N) is 3. The number of hydrogen-bond donors (Lipinski definition) is 0. The predicted octanol–water partition coefficient (Wildman–Crippen LogP) is 3.68. The van der Waals surface area contributed by atoms with Gasteiger partial charge in [0.05, 0.1) is 18.6 Å². The molecule has 1 fully saturated rings. The zero-order chi connectivity index (χ0) is 18.6. The van der Waals surface area contributed by atoms with Crippen molar-refractivity contribution in [3.8, 4) is 0 Å². The van der Waals surface area contributed by atoms with Crippen LogP contribution in [0.3, 0.4) is 0 Å². The molecule has 26 heavy (non-hydrogen) atoms. The third kappa shape index (κ3) is 4.20. The Balaban J connectivity index is 1.88. The van der Waals surface area contributed by atoms with Crippen LogP contribution < -0.4 is 0 Å². The molecular formula is C19H22ClN3O3. The molecule has 1 saturated heterocycles. The van der Waals surface area contributed by atoms with Gasteiger partial charge < -0.3 is 9.47 Å². The molecule has 1 aromatic carbocycles. The average Bonchev–Trinajstić information content (AvgIpc) is 3.17. The van der Waals surface area contributed by atoms with Crippen molar-refractivity contribution < 1.29 is 14.3 Å². The highest BCUT2D eigenvalue weighted by molar-refractivity contribution is 6.30. The van der Waals surface area contributed by atoms with Crippen molar-refractivity contribution in [3.05, 3.63) is 47.5 Å². The van der Waals surface area contributed by atoms with Crippen molar-refractivity contribution in [1.82, 2.24) is 14.8 Å². The normalized spacial score (nSPS) is 23.8. The lowest BCUT2D eigenvalue weighted by Crippen LogP contribution is -2.46. The van der Waals surface area contributed by atoms with Gasteiger partial charge in [0, 0.05) is 5.02 Å². The molecule has 1 aromatic heterocycles. The van der Waals surface area contributed by atoms with E-state index in [4.69, 9.17) is 21.1 Å². The fourth-order valence-electron chi connectivity index (χ4n) is 2.77. The lowest BCUT2D eigenvalue weighted by atomic mass is 9.84. The van der Waals surface area contributed by atoms with Gasteiger partial charge >= 0.3 is 0 Å². The van der Waals surface area contributed by atoms with Crippen LogP contribution in [0, 0.1) is 5.41 Å². The third-order valence-corrected chi connectivity index (χ3v) is 4.57. The summed E-state index contributed by atoms with van der Waals surface area (Å²) in [6, 6.07) is 7.25. The summed E-state index contributed by atoms with van der Waals surface area (Å²) in [6.45, 7) is 4.54. The first-order chi connectivity index (χ1) is 12.5. The van der Waals surface area contributed by atoms with Crippen molar-refractivity contribution in [2.24, 2.45) is 5.41 Å². The standard InChI is InChI=1S/C19H22ClN3O3/c1-3-4-17-25-10-19(2,11-26-17)18(24)16(23-13-21-12-22-23)9-14-5-7-15(20)8-6-14/h5-9,12-13,17H,3-4,10-11H2,1-2H3. The van der Waals surface area contributed by atoms with Gasteiger partial charge in [-0.25, -0.2) is 9.67 Å². The van der Waals surface area contributed by atoms with Gasteiger partial charge in [-0.2, -0.15) is 5.10 Å². The van der Waals surface area contributed by atoms with Crippen LogP contribution in [-0.4, -0.2) is 40.1 Å². The summed E-state index contributed by atoms with van der Waals surface area (Å²) < 4.78 is 13.0. The summed E-state index contributed by atoms with van der Waals surface area (Å²) in [6.07, 6.45) is 6.23. The maximum Gasteiger partial charge on any atom is 0.191 e. The zero-order valence-electron chi connectivity index (χ0n) is 14.9. The molecule has 1 aliphatic rings. The zero-order valence-corrected chi connectivity index (χ0v) is 15.6. The summed E-state index contributed by atoms with van der Waals surface area (Å²) >= 11 is 5.95. The Morgan fingerprint density at radius 3 is 2.62 bits per heavy atom. The minimum Gasteiger partial charge on any atom is -0.352 e. The van der Waals surface area contributed by atoms with Gasteiger partial charge in [-0.3, -0.25) is 4.79 Å². The van der Waals surface area contributed by atoms with Crippen LogP contribution in [0.2, 0.25) is 5.02 Å². The van der Waals surface area contributed by atoms with Crippen LogP contribution in [0.15, 0.2) is 36.9 Å². The fourth-order valence-corrected chi connectivity index (χ4v) is 2.90. The fraction of sp³-hybridized carbons (Fsp3) is 0.421. The number of halogens is 1. The van der Waals surface area contributed by atoms with E-state index in [2.05, 4.69) is 17.0 Å². The van der Waals surface area contributed by atoms with Crippen LogP contribution in [-0.2, 0) is 14.3 Å². The highest BCUT2D eigenvalue weighted by Crippen LogP contribution is 2.31. The van der Waals surface area contributed by atoms with Gasteiger partial charge in [0.2, 0.25) is 0 Å². The van der Waals surface area contributed by atoms with Crippen molar-refractivity contribution in [3.63, 3.8) is 0 Å². The number of allylic oxidation sites excluding steroid dienone is 1. The van der Waals surface area contributed by atoms with E-state index in [-0.39, 0.29) is 12.1 Å². The van der Waals surface area contributed by atoms with Gasteiger partial charge in [0.25, 0.3) is 0 Å². The quantitative estimate of drug-likeness (QED) is 0.720. The first-order valence-electron chi connectivity index (χ1n) is 8.62. The molecule has 0 radical (unpaired) electrons. The molecule has 138 valence electrons. The second kappa shape index (κ2) is 8.12.